The minimum atomic E-state index is -0.385. The van der Waals surface area contributed by atoms with Crippen molar-refractivity contribution in [3.8, 4) is 5.75 Å². The zero-order chi connectivity index (χ0) is 18.1. The average Bonchev–Trinajstić information content (AvgIpc) is 3.24. The summed E-state index contributed by atoms with van der Waals surface area (Å²) in [4.78, 5) is 30.9. The molecule has 1 fully saturated rings. The number of rotatable bonds is 4. The first-order valence-corrected chi connectivity index (χ1v) is 9.06. The number of benzene rings is 2. The number of aromatic nitrogens is 1. The van der Waals surface area contributed by atoms with Crippen LogP contribution in [0.3, 0.4) is 0 Å². The predicted molar refractivity (Wildman–Crippen MR) is 102 cm³/mol. The van der Waals surface area contributed by atoms with Crippen molar-refractivity contribution >= 4 is 44.2 Å². The number of carbonyl (C=O) groups is 2. The fourth-order valence-corrected chi connectivity index (χ4v) is 3.93. The molecule has 1 aliphatic heterocycles. The number of nitrogens with one attached hydrogen (secondary N) is 1. The molecule has 4 rings (SSSR count). The number of nitrogens with zero attached hydrogens (tertiary/aromatic N) is 2. The van der Waals surface area contributed by atoms with E-state index in [2.05, 4.69) is 10.3 Å². The van der Waals surface area contributed by atoms with Crippen LogP contribution in [-0.2, 0) is 9.59 Å². The fraction of sp³-hybridized carbons (Fsp3) is 0.211. The third-order valence-electron chi connectivity index (χ3n) is 4.39. The molecule has 0 bridgehead atoms. The number of ether oxygens (including phenoxy) is 1. The van der Waals surface area contributed by atoms with Gasteiger partial charge in [-0.25, -0.2) is 4.98 Å². The topological polar surface area (TPSA) is 71.5 Å². The summed E-state index contributed by atoms with van der Waals surface area (Å²) in [5, 5.41) is 3.38. The summed E-state index contributed by atoms with van der Waals surface area (Å²) in [5.41, 5.74) is 1.62. The van der Waals surface area contributed by atoms with Gasteiger partial charge in [0, 0.05) is 18.7 Å². The molecular weight excluding hydrogens is 350 g/mol. The van der Waals surface area contributed by atoms with E-state index in [0.29, 0.717) is 11.7 Å². The SMILES string of the molecule is COc1ccc2nc(NC(=O)[C@H]3CC(=O)N(c4ccccc4)C3)sc2c1. The van der Waals surface area contributed by atoms with Crippen LogP contribution in [0, 0.1) is 5.92 Å². The summed E-state index contributed by atoms with van der Waals surface area (Å²) in [7, 11) is 1.61. The second kappa shape index (κ2) is 6.76. The fourth-order valence-electron chi connectivity index (χ4n) is 3.03. The number of fused-ring (bicyclic) bond motifs is 1. The smallest absolute Gasteiger partial charge is 0.231 e. The lowest BCUT2D eigenvalue weighted by atomic mass is 10.1. The molecule has 2 amide bonds. The molecule has 1 N–H and O–H groups in total. The van der Waals surface area contributed by atoms with Crippen molar-refractivity contribution in [3.05, 3.63) is 48.5 Å². The van der Waals surface area contributed by atoms with Crippen LogP contribution in [0.15, 0.2) is 48.5 Å². The molecule has 0 aliphatic carbocycles. The maximum atomic E-state index is 12.6. The van der Waals surface area contributed by atoms with Gasteiger partial charge in [-0.2, -0.15) is 0 Å². The Morgan fingerprint density at radius 3 is 2.85 bits per heavy atom. The molecule has 2 heterocycles. The molecule has 0 spiro atoms. The Kier molecular flexibility index (Phi) is 4.30. The molecule has 1 aromatic heterocycles. The number of methoxy groups -OCH3 is 1. The van der Waals surface area contributed by atoms with Crippen molar-refractivity contribution < 1.29 is 14.3 Å². The van der Waals surface area contributed by atoms with Crippen molar-refractivity contribution in [2.45, 2.75) is 6.42 Å². The molecule has 6 nitrogen and oxygen atoms in total. The van der Waals surface area contributed by atoms with E-state index in [-0.39, 0.29) is 24.2 Å². The molecule has 2 aromatic carbocycles. The normalized spacial score (nSPS) is 16.9. The molecule has 0 unspecified atom stereocenters. The molecule has 7 heteroatoms. The first-order chi connectivity index (χ1) is 12.6. The van der Waals surface area contributed by atoms with Gasteiger partial charge in [0.2, 0.25) is 11.8 Å². The van der Waals surface area contributed by atoms with Gasteiger partial charge in [0.05, 0.1) is 23.2 Å². The van der Waals surface area contributed by atoms with Crippen LogP contribution in [-0.4, -0.2) is 30.5 Å². The quantitative estimate of drug-likeness (QED) is 0.768. The largest absolute Gasteiger partial charge is 0.497 e. The predicted octanol–water partition coefficient (Wildman–Crippen LogP) is 3.30. The Morgan fingerprint density at radius 1 is 1.27 bits per heavy atom. The molecule has 26 heavy (non-hydrogen) atoms. The van der Waals surface area contributed by atoms with E-state index in [1.54, 1.807) is 12.0 Å². The van der Waals surface area contributed by atoms with Crippen molar-refractivity contribution in [2.24, 2.45) is 5.92 Å². The number of thiazole rings is 1. The zero-order valence-electron chi connectivity index (χ0n) is 14.1. The highest BCUT2D eigenvalue weighted by atomic mass is 32.1. The average molecular weight is 367 g/mol. The van der Waals surface area contributed by atoms with Crippen molar-refractivity contribution in [3.63, 3.8) is 0 Å². The maximum Gasteiger partial charge on any atom is 0.231 e. The van der Waals surface area contributed by atoms with Crippen molar-refractivity contribution in [1.29, 1.82) is 0 Å². The Labute approximate surface area is 154 Å². The third kappa shape index (κ3) is 3.13. The third-order valence-corrected chi connectivity index (χ3v) is 5.32. The van der Waals surface area contributed by atoms with Crippen LogP contribution < -0.4 is 15.0 Å². The summed E-state index contributed by atoms with van der Waals surface area (Å²) in [6.07, 6.45) is 0.208. The highest BCUT2D eigenvalue weighted by Crippen LogP contribution is 2.30. The van der Waals surface area contributed by atoms with E-state index in [4.69, 9.17) is 4.74 Å². The molecule has 3 aromatic rings. The summed E-state index contributed by atoms with van der Waals surface area (Å²) < 4.78 is 6.15. The molecule has 1 atom stereocenters. The number of hydrogen-bond donors (Lipinski definition) is 1. The summed E-state index contributed by atoms with van der Waals surface area (Å²) in [6, 6.07) is 15.0. The molecule has 0 radical (unpaired) electrons. The van der Waals surface area contributed by atoms with E-state index in [1.165, 1.54) is 11.3 Å². The molecule has 1 aliphatic rings. The summed E-state index contributed by atoms with van der Waals surface area (Å²) in [5.74, 6) is 0.149. The van der Waals surface area contributed by atoms with E-state index >= 15 is 0 Å². The maximum absolute atomic E-state index is 12.6. The van der Waals surface area contributed by atoms with Gasteiger partial charge in [-0.1, -0.05) is 29.5 Å². The van der Waals surface area contributed by atoms with Crippen LogP contribution in [0.2, 0.25) is 0 Å². The van der Waals surface area contributed by atoms with E-state index < -0.39 is 0 Å². The van der Waals surface area contributed by atoms with E-state index in [0.717, 1.165) is 21.7 Å². The lowest BCUT2D eigenvalue weighted by Crippen LogP contribution is -2.28. The van der Waals surface area contributed by atoms with Gasteiger partial charge >= 0.3 is 0 Å². The van der Waals surface area contributed by atoms with Gasteiger partial charge in [0.25, 0.3) is 0 Å². The minimum absolute atomic E-state index is 0.0367. The number of carbonyl (C=O) groups excluding carboxylic acids is 2. The van der Waals surface area contributed by atoms with Crippen molar-refractivity contribution in [1.82, 2.24) is 4.98 Å². The summed E-state index contributed by atoms with van der Waals surface area (Å²) >= 11 is 1.39. The van der Waals surface area contributed by atoms with Gasteiger partial charge < -0.3 is 15.0 Å². The first-order valence-electron chi connectivity index (χ1n) is 8.25. The Morgan fingerprint density at radius 2 is 2.08 bits per heavy atom. The number of para-hydroxylation sites is 1. The molecule has 0 saturated carbocycles. The second-order valence-corrected chi connectivity index (χ2v) is 7.11. The number of hydrogen-bond acceptors (Lipinski definition) is 5. The van der Waals surface area contributed by atoms with Gasteiger partial charge in [-0.15, -0.1) is 0 Å². The second-order valence-electron chi connectivity index (χ2n) is 6.08. The van der Waals surface area contributed by atoms with E-state index in [1.807, 2.05) is 48.5 Å². The van der Waals surface area contributed by atoms with Crippen LogP contribution in [0.25, 0.3) is 10.2 Å². The molecular formula is C19H17N3O3S. The highest BCUT2D eigenvalue weighted by Gasteiger charge is 2.35. The monoisotopic (exact) mass is 367 g/mol. The zero-order valence-corrected chi connectivity index (χ0v) is 15.0. The highest BCUT2D eigenvalue weighted by molar-refractivity contribution is 7.22. The van der Waals surface area contributed by atoms with Gasteiger partial charge in [0.1, 0.15) is 5.75 Å². The summed E-state index contributed by atoms with van der Waals surface area (Å²) in [6.45, 7) is 0.382. The Balaban J connectivity index is 1.48. The lowest BCUT2D eigenvalue weighted by molar-refractivity contribution is -0.122. The minimum Gasteiger partial charge on any atom is -0.497 e. The Hall–Kier alpha value is -2.93. The van der Waals surface area contributed by atoms with Gasteiger partial charge in [-0.05, 0) is 30.3 Å². The number of amides is 2. The van der Waals surface area contributed by atoms with Crippen LogP contribution in [0.5, 0.6) is 5.75 Å². The first kappa shape index (κ1) is 16.5. The lowest BCUT2D eigenvalue weighted by Gasteiger charge is -2.16. The van der Waals surface area contributed by atoms with Crippen LogP contribution >= 0.6 is 11.3 Å². The molecule has 132 valence electrons. The van der Waals surface area contributed by atoms with Gasteiger partial charge in [-0.3, -0.25) is 9.59 Å². The van der Waals surface area contributed by atoms with Crippen LogP contribution in [0.4, 0.5) is 10.8 Å². The molecule has 1 saturated heterocycles. The standard InChI is InChI=1S/C19H17N3O3S/c1-25-14-7-8-15-16(10-14)26-19(20-15)21-18(24)12-9-17(23)22(11-12)13-5-3-2-4-6-13/h2-8,10,12H,9,11H2,1H3,(H,20,21,24)/t12-/m0/s1. The number of anilines is 2. The Bertz CT molecular complexity index is 971. The van der Waals surface area contributed by atoms with E-state index in [9.17, 15) is 9.59 Å². The van der Waals surface area contributed by atoms with Crippen LogP contribution in [0.1, 0.15) is 6.42 Å². The van der Waals surface area contributed by atoms with Gasteiger partial charge in [0.15, 0.2) is 5.13 Å². The van der Waals surface area contributed by atoms with Crippen molar-refractivity contribution in [2.75, 3.05) is 23.9 Å².